The van der Waals surface area contributed by atoms with Crippen LogP contribution in [0.3, 0.4) is 0 Å². The van der Waals surface area contributed by atoms with Crippen molar-refractivity contribution in [3.05, 3.63) is 47.0 Å². The lowest BCUT2D eigenvalue weighted by Gasteiger charge is -2.01. The standard InChI is InChI=1S/C11H9N5O2/c1-14-8-3-2-4-9(16(17)18)10(8)13-11(14)15-6-5-12-7-15/h2-7H,1H3. The fraction of sp³-hybridized carbons (Fsp3) is 0.0909. The van der Waals surface area contributed by atoms with E-state index >= 15 is 0 Å². The van der Waals surface area contributed by atoms with E-state index in [0.717, 1.165) is 0 Å². The van der Waals surface area contributed by atoms with E-state index in [-0.39, 0.29) is 5.69 Å². The molecule has 7 nitrogen and oxygen atoms in total. The van der Waals surface area contributed by atoms with Gasteiger partial charge in [-0.1, -0.05) is 6.07 Å². The highest BCUT2D eigenvalue weighted by molar-refractivity contribution is 5.86. The number of nitro groups is 1. The Hall–Kier alpha value is -2.70. The molecule has 0 amide bonds. The zero-order valence-electron chi connectivity index (χ0n) is 9.52. The summed E-state index contributed by atoms with van der Waals surface area (Å²) in [5.41, 5.74) is 1.11. The van der Waals surface area contributed by atoms with Crippen molar-refractivity contribution < 1.29 is 4.92 Å². The molecular weight excluding hydrogens is 234 g/mol. The number of hydrogen-bond donors (Lipinski definition) is 0. The molecule has 0 aliphatic carbocycles. The highest BCUT2D eigenvalue weighted by Gasteiger charge is 2.18. The molecule has 0 aliphatic rings. The number of nitrogens with zero attached hydrogens (tertiary/aromatic N) is 5. The summed E-state index contributed by atoms with van der Waals surface area (Å²) in [5, 5.41) is 11.0. The zero-order chi connectivity index (χ0) is 12.7. The molecule has 3 rings (SSSR count). The van der Waals surface area contributed by atoms with Gasteiger partial charge in [0.25, 0.3) is 5.69 Å². The van der Waals surface area contributed by atoms with Crippen LogP contribution in [0.15, 0.2) is 36.9 Å². The summed E-state index contributed by atoms with van der Waals surface area (Å²) in [6, 6.07) is 4.91. The number of nitro benzene ring substituents is 1. The van der Waals surface area contributed by atoms with Crippen LogP contribution in [0, 0.1) is 10.1 Å². The van der Waals surface area contributed by atoms with Gasteiger partial charge in [0, 0.05) is 25.5 Å². The molecule has 2 aromatic heterocycles. The minimum Gasteiger partial charge on any atom is -0.312 e. The van der Waals surface area contributed by atoms with Crippen molar-refractivity contribution in [2.24, 2.45) is 7.05 Å². The normalized spacial score (nSPS) is 10.9. The van der Waals surface area contributed by atoms with Crippen LogP contribution in [0.4, 0.5) is 5.69 Å². The van der Waals surface area contributed by atoms with E-state index in [1.165, 1.54) is 6.07 Å². The van der Waals surface area contributed by atoms with Crippen LogP contribution < -0.4 is 0 Å². The van der Waals surface area contributed by atoms with Crippen LogP contribution in [0.25, 0.3) is 17.0 Å². The molecule has 1 aromatic carbocycles. The van der Waals surface area contributed by atoms with Crippen LogP contribution in [0.5, 0.6) is 0 Å². The zero-order valence-corrected chi connectivity index (χ0v) is 9.52. The van der Waals surface area contributed by atoms with E-state index < -0.39 is 4.92 Å². The second kappa shape index (κ2) is 3.66. The molecule has 3 aromatic rings. The number of aromatic nitrogens is 4. The number of imidazole rings is 2. The van der Waals surface area contributed by atoms with E-state index in [9.17, 15) is 10.1 Å². The lowest BCUT2D eigenvalue weighted by atomic mass is 10.3. The van der Waals surface area contributed by atoms with Crippen molar-refractivity contribution in [3.63, 3.8) is 0 Å². The van der Waals surface area contributed by atoms with Crippen LogP contribution in [0.1, 0.15) is 0 Å². The van der Waals surface area contributed by atoms with Gasteiger partial charge in [-0.05, 0) is 6.07 Å². The van der Waals surface area contributed by atoms with Crippen molar-refractivity contribution in [2.45, 2.75) is 0 Å². The van der Waals surface area contributed by atoms with Gasteiger partial charge < -0.3 is 4.57 Å². The largest absolute Gasteiger partial charge is 0.312 e. The number of hydrogen-bond acceptors (Lipinski definition) is 4. The third kappa shape index (κ3) is 1.37. The molecule has 0 bridgehead atoms. The van der Waals surface area contributed by atoms with Gasteiger partial charge >= 0.3 is 0 Å². The average Bonchev–Trinajstić information content (AvgIpc) is 2.97. The number of aryl methyl sites for hydroxylation is 1. The Bertz CT molecular complexity index is 729. The molecule has 0 aliphatic heterocycles. The minimum atomic E-state index is -0.424. The smallest absolute Gasteiger partial charge is 0.297 e. The molecule has 2 heterocycles. The SMILES string of the molecule is Cn1c(-n2ccnc2)nc2c([N+](=O)[O-])cccc21. The number of rotatable bonds is 2. The predicted molar refractivity (Wildman–Crippen MR) is 64.5 cm³/mol. The predicted octanol–water partition coefficient (Wildman–Crippen LogP) is 1.67. The Morgan fingerprint density at radius 3 is 2.89 bits per heavy atom. The Balaban J connectivity index is 2.34. The number of fused-ring (bicyclic) bond motifs is 1. The number of non-ortho nitro benzene ring substituents is 1. The summed E-state index contributed by atoms with van der Waals surface area (Å²) >= 11 is 0. The van der Waals surface area contributed by atoms with Gasteiger partial charge in [0.2, 0.25) is 5.95 Å². The van der Waals surface area contributed by atoms with Gasteiger partial charge in [0.1, 0.15) is 6.33 Å². The third-order valence-electron chi connectivity index (χ3n) is 2.80. The summed E-state index contributed by atoms with van der Waals surface area (Å²) < 4.78 is 3.51. The van der Waals surface area contributed by atoms with Crippen LogP contribution >= 0.6 is 0 Å². The molecule has 0 saturated carbocycles. The Morgan fingerprint density at radius 2 is 2.22 bits per heavy atom. The fourth-order valence-electron chi connectivity index (χ4n) is 1.94. The summed E-state index contributed by atoms with van der Waals surface area (Å²) in [7, 11) is 1.81. The first-order valence-electron chi connectivity index (χ1n) is 5.26. The molecule has 7 heteroatoms. The quantitative estimate of drug-likeness (QED) is 0.506. The van der Waals surface area contributed by atoms with Crippen molar-refractivity contribution in [1.29, 1.82) is 0 Å². The monoisotopic (exact) mass is 243 g/mol. The number of benzene rings is 1. The highest BCUT2D eigenvalue weighted by atomic mass is 16.6. The second-order valence-corrected chi connectivity index (χ2v) is 3.84. The van der Waals surface area contributed by atoms with E-state index in [4.69, 9.17) is 0 Å². The Kier molecular flexibility index (Phi) is 2.12. The van der Waals surface area contributed by atoms with Crippen LogP contribution in [0.2, 0.25) is 0 Å². The lowest BCUT2D eigenvalue weighted by molar-refractivity contribution is -0.383. The van der Waals surface area contributed by atoms with E-state index in [2.05, 4.69) is 9.97 Å². The highest BCUT2D eigenvalue weighted by Crippen LogP contribution is 2.26. The first-order valence-corrected chi connectivity index (χ1v) is 5.26. The molecule has 0 spiro atoms. The van der Waals surface area contributed by atoms with Crippen LogP contribution in [-0.2, 0) is 7.05 Å². The van der Waals surface area contributed by atoms with Gasteiger partial charge in [-0.25, -0.2) is 9.97 Å². The second-order valence-electron chi connectivity index (χ2n) is 3.84. The minimum absolute atomic E-state index is 0.00876. The molecule has 0 saturated heterocycles. The van der Waals surface area contributed by atoms with Gasteiger partial charge in [-0.3, -0.25) is 14.7 Å². The van der Waals surface area contributed by atoms with E-state index in [1.807, 2.05) is 7.05 Å². The third-order valence-corrected chi connectivity index (χ3v) is 2.80. The van der Waals surface area contributed by atoms with Crippen molar-refractivity contribution in [1.82, 2.24) is 19.1 Å². The summed E-state index contributed by atoms with van der Waals surface area (Å²) in [6.45, 7) is 0. The maximum absolute atomic E-state index is 11.0. The molecule has 0 radical (unpaired) electrons. The lowest BCUT2D eigenvalue weighted by Crippen LogP contribution is -2.00. The summed E-state index contributed by atoms with van der Waals surface area (Å²) in [6.07, 6.45) is 4.98. The molecule has 18 heavy (non-hydrogen) atoms. The summed E-state index contributed by atoms with van der Waals surface area (Å²) in [4.78, 5) is 18.8. The molecule has 0 unspecified atom stereocenters. The maximum Gasteiger partial charge on any atom is 0.297 e. The molecule has 0 fully saturated rings. The van der Waals surface area contributed by atoms with Gasteiger partial charge in [0.15, 0.2) is 5.52 Å². The van der Waals surface area contributed by atoms with Crippen molar-refractivity contribution in [3.8, 4) is 5.95 Å². The van der Waals surface area contributed by atoms with Crippen molar-refractivity contribution in [2.75, 3.05) is 0 Å². The van der Waals surface area contributed by atoms with E-state index in [1.54, 1.807) is 40.0 Å². The maximum atomic E-state index is 11.0. The molecule has 0 atom stereocenters. The summed E-state index contributed by atoms with van der Waals surface area (Å²) in [5.74, 6) is 0.594. The van der Waals surface area contributed by atoms with Crippen molar-refractivity contribution >= 4 is 16.7 Å². The number of para-hydroxylation sites is 1. The van der Waals surface area contributed by atoms with Gasteiger partial charge in [-0.2, -0.15) is 0 Å². The fourth-order valence-corrected chi connectivity index (χ4v) is 1.94. The molecular formula is C11H9N5O2. The Morgan fingerprint density at radius 1 is 1.39 bits per heavy atom. The molecule has 90 valence electrons. The van der Waals surface area contributed by atoms with Crippen LogP contribution in [-0.4, -0.2) is 24.0 Å². The van der Waals surface area contributed by atoms with Gasteiger partial charge in [0.05, 0.1) is 10.4 Å². The first-order chi connectivity index (χ1) is 8.68. The Labute approximate surface area is 101 Å². The average molecular weight is 243 g/mol. The van der Waals surface area contributed by atoms with E-state index in [0.29, 0.717) is 17.0 Å². The van der Waals surface area contributed by atoms with Gasteiger partial charge in [-0.15, -0.1) is 0 Å². The first kappa shape index (κ1) is 10.5. The molecule has 0 N–H and O–H groups in total. The topological polar surface area (TPSA) is 78.8 Å².